The molecule has 1 rings (SSSR count). The van der Waals surface area contributed by atoms with Gasteiger partial charge in [-0.3, -0.25) is 4.79 Å². The van der Waals surface area contributed by atoms with Crippen molar-refractivity contribution < 1.29 is 9.18 Å². The predicted molar refractivity (Wildman–Crippen MR) is 61.0 cm³/mol. The highest BCUT2D eigenvalue weighted by atomic mass is 19.1. The Morgan fingerprint density at radius 1 is 1.56 bits per heavy atom. The van der Waals surface area contributed by atoms with Crippen LogP contribution in [0.5, 0.6) is 0 Å². The molecule has 1 amide bonds. The first kappa shape index (κ1) is 12.4. The molecular formula is C11H16FN3O. The molecule has 2 N–H and O–H groups in total. The molecule has 0 saturated heterocycles. The number of amides is 1. The van der Waals surface area contributed by atoms with Crippen LogP contribution in [-0.2, 0) is 0 Å². The van der Waals surface area contributed by atoms with Crippen molar-refractivity contribution in [2.24, 2.45) is 0 Å². The third-order valence-electron chi connectivity index (χ3n) is 1.90. The Labute approximate surface area is 94.3 Å². The Bertz CT molecular complexity index is 379. The molecule has 1 heterocycles. The van der Waals surface area contributed by atoms with E-state index in [4.69, 9.17) is 0 Å². The minimum absolute atomic E-state index is 0.0136. The fourth-order valence-electron chi connectivity index (χ4n) is 1.25. The molecule has 0 radical (unpaired) electrons. The van der Waals surface area contributed by atoms with E-state index in [1.54, 1.807) is 0 Å². The van der Waals surface area contributed by atoms with E-state index in [0.29, 0.717) is 6.54 Å². The van der Waals surface area contributed by atoms with Gasteiger partial charge < -0.3 is 10.6 Å². The summed E-state index contributed by atoms with van der Waals surface area (Å²) in [6, 6.07) is 1.34. The summed E-state index contributed by atoms with van der Waals surface area (Å²) in [5.74, 6) is -0.921. The van der Waals surface area contributed by atoms with E-state index in [2.05, 4.69) is 15.6 Å². The Balaban J connectivity index is 2.96. The number of anilines is 1. The lowest BCUT2D eigenvalue weighted by Gasteiger charge is -2.10. The summed E-state index contributed by atoms with van der Waals surface area (Å²) in [4.78, 5) is 15.4. The van der Waals surface area contributed by atoms with E-state index >= 15 is 0 Å². The number of rotatable bonds is 4. The Hall–Kier alpha value is -1.65. The Morgan fingerprint density at radius 3 is 2.81 bits per heavy atom. The van der Waals surface area contributed by atoms with E-state index in [1.807, 2.05) is 20.8 Å². The van der Waals surface area contributed by atoms with E-state index in [9.17, 15) is 9.18 Å². The van der Waals surface area contributed by atoms with Gasteiger partial charge in [0.15, 0.2) is 11.6 Å². The van der Waals surface area contributed by atoms with Crippen molar-refractivity contribution in [3.8, 4) is 0 Å². The van der Waals surface area contributed by atoms with E-state index in [1.165, 1.54) is 12.3 Å². The Morgan fingerprint density at radius 2 is 2.25 bits per heavy atom. The molecule has 0 fully saturated rings. The van der Waals surface area contributed by atoms with Gasteiger partial charge in [0.25, 0.3) is 5.91 Å². The monoisotopic (exact) mass is 225 g/mol. The topological polar surface area (TPSA) is 54.0 Å². The van der Waals surface area contributed by atoms with Crippen molar-refractivity contribution in [3.63, 3.8) is 0 Å². The second kappa shape index (κ2) is 5.44. The van der Waals surface area contributed by atoms with Crippen LogP contribution < -0.4 is 10.6 Å². The minimum Gasteiger partial charge on any atom is -0.368 e. The third-order valence-corrected chi connectivity index (χ3v) is 1.90. The predicted octanol–water partition coefficient (Wildman–Crippen LogP) is 1.79. The van der Waals surface area contributed by atoms with Crippen molar-refractivity contribution in [2.75, 3.05) is 11.9 Å². The normalized spacial score (nSPS) is 10.3. The molecule has 5 heteroatoms. The summed E-state index contributed by atoms with van der Waals surface area (Å²) < 4.78 is 13.8. The van der Waals surface area contributed by atoms with Gasteiger partial charge in [0.05, 0.1) is 5.56 Å². The van der Waals surface area contributed by atoms with Gasteiger partial charge in [-0.25, -0.2) is 9.37 Å². The third kappa shape index (κ3) is 2.92. The van der Waals surface area contributed by atoms with Crippen molar-refractivity contribution in [3.05, 3.63) is 23.6 Å². The first-order valence-electron chi connectivity index (χ1n) is 5.25. The SMILES string of the molecule is CCNc1nccc(C(=O)NC(C)C)c1F. The summed E-state index contributed by atoms with van der Waals surface area (Å²) in [5, 5.41) is 5.39. The second-order valence-corrected chi connectivity index (χ2v) is 3.68. The molecule has 0 aliphatic carbocycles. The van der Waals surface area contributed by atoms with Crippen LogP contribution in [0.4, 0.5) is 10.2 Å². The molecule has 4 nitrogen and oxygen atoms in total. The quantitative estimate of drug-likeness (QED) is 0.821. The molecule has 1 aromatic heterocycles. The second-order valence-electron chi connectivity index (χ2n) is 3.68. The lowest BCUT2D eigenvalue weighted by Crippen LogP contribution is -2.31. The minimum atomic E-state index is -0.609. The van der Waals surface area contributed by atoms with Gasteiger partial charge in [-0.15, -0.1) is 0 Å². The average Bonchev–Trinajstić information content (AvgIpc) is 2.20. The largest absolute Gasteiger partial charge is 0.368 e. The highest BCUT2D eigenvalue weighted by molar-refractivity contribution is 5.95. The van der Waals surface area contributed by atoms with Crippen LogP contribution in [0, 0.1) is 5.82 Å². The maximum Gasteiger partial charge on any atom is 0.254 e. The van der Waals surface area contributed by atoms with Crippen molar-refractivity contribution in [1.29, 1.82) is 0 Å². The fraction of sp³-hybridized carbons (Fsp3) is 0.455. The smallest absolute Gasteiger partial charge is 0.254 e. The molecule has 0 bridgehead atoms. The zero-order valence-corrected chi connectivity index (χ0v) is 9.67. The summed E-state index contributed by atoms with van der Waals surface area (Å²) in [7, 11) is 0. The zero-order valence-electron chi connectivity index (χ0n) is 9.67. The summed E-state index contributed by atoms with van der Waals surface area (Å²) in [5.41, 5.74) is 0.0136. The maximum absolute atomic E-state index is 13.8. The number of halogens is 1. The number of hydrogen-bond acceptors (Lipinski definition) is 3. The van der Waals surface area contributed by atoms with Gasteiger partial charge in [-0.05, 0) is 26.8 Å². The highest BCUT2D eigenvalue weighted by Crippen LogP contribution is 2.14. The molecule has 88 valence electrons. The zero-order chi connectivity index (χ0) is 12.1. The summed E-state index contributed by atoms with van der Waals surface area (Å²) in [6.07, 6.45) is 1.41. The van der Waals surface area contributed by atoms with Crippen LogP contribution in [0.3, 0.4) is 0 Å². The van der Waals surface area contributed by atoms with Crippen LogP contribution >= 0.6 is 0 Å². The average molecular weight is 225 g/mol. The lowest BCUT2D eigenvalue weighted by molar-refractivity contribution is 0.0939. The van der Waals surface area contributed by atoms with Gasteiger partial charge in [0.2, 0.25) is 0 Å². The van der Waals surface area contributed by atoms with Crippen LogP contribution in [0.25, 0.3) is 0 Å². The number of nitrogens with one attached hydrogen (secondary N) is 2. The number of aromatic nitrogens is 1. The highest BCUT2D eigenvalue weighted by Gasteiger charge is 2.15. The van der Waals surface area contributed by atoms with Crippen molar-refractivity contribution >= 4 is 11.7 Å². The number of nitrogens with zero attached hydrogens (tertiary/aromatic N) is 1. The maximum atomic E-state index is 13.8. The van der Waals surface area contributed by atoms with Crippen LogP contribution in [0.1, 0.15) is 31.1 Å². The van der Waals surface area contributed by atoms with E-state index in [-0.39, 0.29) is 17.4 Å². The van der Waals surface area contributed by atoms with Gasteiger partial charge in [-0.1, -0.05) is 0 Å². The number of hydrogen-bond donors (Lipinski definition) is 2. The molecule has 0 aliphatic heterocycles. The van der Waals surface area contributed by atoms with Crippen LogP contribution in [0.15, 0.2) is 12.3 Å². The Kier molecular flexibility index (Phi) is 4.22. The lowest BCUT2D eigenvalue weighted by atomic mass is 10.2. The van der Waals surface area contributed by atoms with Crippen LogP contribution in [0.2, 0.25) is 0 Å². The van der Waals surface area contributed by atoms with E-state index in [0.717, 1.165) is 0 Å². The van der Waals surface area contributed by atoms with E-state index < -0.39 is 11.7 Å². The summed E-state index contributed by atoms with van der Waals surface area (Å²) in [6.45, 7) is 6.03. The molecule has 16 heavy (non-hydrogen) atoms. The number of carbonyl (C=O) groups is 1. The molecule has 0 unspecified atom stereocenters. The molecule has 0 aliphatic rings. The first-order chi connectivity index (χ1) is 7.56. The molecule has 0 aromatic carbocycles. The summed E-state index contributed by atoms with van der Waals surface area (Å²) >= 11 is 0. The van der Waals surface area contributed by atoms with Gasteiger partial charge in [0.1, 0.15) is 0 Å². The van der Waals surface area contributed by atoms with Gasteiger partial charge >= 0.3 is 0 Å². The molecule has 0 spiro atoms. The number of carbonyl (C=O) groups excluding carboxylic acids is 1. The van der Waals surface area contributed by atoms with Crippen LogP contribution in [-0.4, -0.2) is 23.5 Å². The molecule has 0 atom stereocenters. The molecule has 1 aromatic rings. The van der Waals surface area contributed by atoms with Crippen molar-refractivity contribution in [1.82, 2.24) is 10.3 Å². The van der Waals surface area contributed by atoms with Crippen molar-refractivity contribution in [2.45, 2.75) is 26.8 Å². The first-order valence-corrected chi connectivity index (χ1v) is 5.25. The fourth-order valence-corrected chi connectivity index (χ4v) is 1.25. The number of pyridine rings is 1. The van der Waals surface area contributed by atoms with Gasteiger partial charge in [-0.2, -0.15) is 0 Å². The van der Waals surface area contributed by atoms with Gasteiger partial charge in [0, 0.05) is 18.8 Å². The molecule has 0 saturated carbocycles. The molecular weight excluding hydrogens is 209 g/mol. The standard InChI is InChI=1S/C11H16FN3O/c1-4-13-10-9(12)8(5-6-14-10)11(16)15-7(2)3/h5-7H,4H2,1-3H3,(H,13,14)(H,15,16).